The van der Waals surface area contributed by atoms with E-state index in [2.05, 4.69) is 81.5 Å². The van der Waals surface area contributed by atoms with E-state index in [0.717, 1.165) is 96.3 Å². The Hall–Kier alpha value is -2.89. The second kappa shape index (κ2) is 67.6. The third-order valence-corrected chi connectivity index (χ3v) is 15.5. The highest BCUT2D eigenvalue weighted by Gasteiger charge is 2.19. The summed E-state index contributed by atoms with van der Waals surface area (Å²) in [6.45, 7) is 6.60. The molecule has 0 heterocycles. The van der Waals surface area contributed by atoms with Gasteiger partial charge >= 0.3 is 17.9 Å². The second-order valence-electron chi connectivity index (χ2n) is 23.4. The van der Waals surface area contributed by atoms with Crippen molar-refractivity contribution in [1.29, 1.82) is 0 Å². The van der Waals surface area contributed by atoms with Gasteiger partial charge in [0, 0.05) is 19.3 Å². The van der Waals surface area contributed by atoms with Crippen LogP contribution in [0, 0.1) is 0 Å². The number of hydrogen-bond donors (Lipinski definition) is 0. The summed E-state index contributed by atoms with van der Waals surface area (Å²) in [4.78, 5) is 38.3. The first-order chi connectivity index (χ1) is 39.0. The van der Waals surface area contributed by atoms with Crippen LogP contribution < -0.4 is 0 Å². The predicted molar refractivity (Wildman–Crippen MR) is 344 cm³/mol. The van der Waals surface area contributed by atoms with Crippen LogP contribution in [0.2, 0.25) is 0 Å². The fourth-order valence-corrected chi connectivity index (χ4v) is 10.3. The third kappa shape index (κ3) is 65.8. The molecule has 0 saturated carbocycles. The van der Waals surface area contributed by atoms with Crippen LogP contribution in [-0.4, -0.2) is 37.2 Å². The van der Waals surface area contributed by atoms with E-state index in [4.69, 9.17) is 14.2 Å². The van der Waals surface area contributed by atoms with E-state index in [-0.39, 0.29) is 31.1 Å². The lowest BCUT2D eigenvalue weighted by Crippen LogP contribution is -2.30. The zero-order chi connectivity index (χ0) is 57.1. The van der Waals surface area contributed by atoms with Crippen LogP contribution in [0.3, 0.4) is 0 Å². The van der Waals surface area contributed by atoms with Crippen LogP contribution in [0.5, 0.6) is 0 Å². The molecule has 0 radical (unpaired) electrons. The largest absolute Gasteiger partial charge is 0.462 e. The molecule has 460 valence electrons. The summed E-state index contributed by atoms with van der Waals surface area (Å²) in [5, 5.41) is 0. The summed E-state index contributed by atoms with van der Waals surface area (Å²) in [5.41, 5.74) is 0. The maximum Gasteiger partial charge on any atom is 0.306 e. The number of ether oxygens (including phenoxy) is 3. The first-order valence-electron chi connectivity index (χ1n) is 34.8. The molecular formula is C73H132O6. The van der Waals surface area contributed by atoms with Gasteiger partial charge in [-0.3, -0.25) is 14.4 Å². The van der Waals surface area contributed by atoms with Crippen molar-refractivity contribution in [1.82, 2.24) is 0 Å². The summed E-state index contributed by atoms with van der Waals surface area (Å²) in [6, 6.07) is 0. The Morgan fingerprint density at radius 2 is 0.481 bits per heavy atom. The van der Waals surface area contributed by atoms with E-state index in [0.29, 0.717) is 19.3 Å². The lowest BCUT2D eigenvalue weighted by Gasteiger charge is -2.18. The average molecular weight is 1110 g/mol. The van der Waals surface area contributed by atoms with Crippen LogP contribution >= 0.6 is 0 Å². The van der Waals surface area contributed by atoms with Crippen LogP contribution in [0.4, 0.5) is 0 Å². The summed E-state index contributed by atoms with van der Waals surface area (Å²) >= 11 is 0. The first kappa shape index (κ1) is 76.1. The molecule has 0 aliphatic heterocycles. The molecule has 0 saturated heterocycles. The Balaban J connectivity index is 4.12. The normalized spacial score (nSPS) is 12.4. The predicted octanol–water partition coefficient (Wildman–Crippen LogP) is 23.9. The van der Waals surface area contributed by atoms with Gasteiger partial charge in [-0.2, -0.15) is 0 Å². The van der Waals surface area contributed by atoms with Gasteiger partial charge < -0.3 is 14.2 Å². The van der Waals surface area contributed by atoms with E-state index >= 15 is 0 Å². The van der Waals surface area contributed by atoms with E-state index in [1.165, 1.54) is 231 Å². The van der Waals surface area contributed by atoms with Gasteiger partial charge in [-0.25, -0.2) is 0 Å². The Bertz CT molecular complexity index is 1410. The lowest BCUT2D eigenvalue weighted by molar-refractivity contribution is -0.167. The SMILES string of the molecule is CCC/C=C\C/C=C\CCCCCCCC(=O)OCC(COC(=O)CCCCCCCCCCCCCCCCCCCC/C=C\C/C=C\C/C=C\CCCCCCC)OC(=O)CCCCCCCCCCCCCCCCC. The van der Waals surface area contributed by atoms with Crippen LogP contribution in [0.1, 0.15) is 367 Å². The van der Waals surface area contributed by atoms with Crippen LogP contribution in [0.25, 0.3) is 0 Å². The molecule has 1 atom stereocenters. The minimum absolute atomic E-state index is 0.0737. The molecule has 0 aliphatic rings. The van der Waals surface area contributed by atoms with Crippen molar-refractivity contribution < 1.29 is 28.6 Å². The summed E-state index contributed by atoms with van der Waals surface area (Å²) < 4.78 is 16.9. The van der Waals surface area contributed by atoms with Crippen molar-refractivity contribution in [2.75, 3.05) is 13.2 Å². The highest BCUT2D eigenvalue weighted by atomic mass is 16.6. The van der Waals surface area contributed by atoms with Crippen molar-refractivity contribution in [3.8, 4) is 0 Å². The molecule has 0 rings (SSSR count). The number of hydrogen-bond acceptors (Lipinski definition) is 6. The molecule has 0 bridgehead atoms. The molecule has 0 aromatic carbocycles. The number of esters is 3. The van der Waals surface area contributed by atoms with E-state index < -0.39 is 6.10 Å². The lowest BCUT2D eigenvalue weighted by atomic mass is 10.0. The highest BCUT2D eigenvalue weighted by molar-refractivity contribution is 5.71. The molecule has 79 heavy (non-hydrogen) atoms. The zero-order valence-electron chi connectivity index (χ0n) is 52.9. The molecule has 0 N–H and O–H groups in total. The average Bonchev–Trinajstić information content (AvgIpc) is 3.45. The van der Waals surface area contributed by atoms with Crippen molar-refractivity contribution in [2.45, 2.75) is 374 Å². The first-order valence-corrected chi connectivity index (χ1v) is 34.8. The van der Waals surface area contributed by atoms with Crippen LogP contribution in [0.15, 0.2) is 60.8 Å². The summed E-state index contributed by atoms with van der Waals surface area (Å²) in [6.07, 6.45) is 86.9. The molecule has 0 aliphatic carbocycles. The smallest absolute Gasteiger partial charge is 0.306 e. The fourth-order valence-electron chi connectivity index (χ4n) is 10.3. The summed E-state index contributed by atoms with van der Waals surface area (Å²) in [7, 11) is 0. The standard InChI is InChI=1S/C73H132O6/c1-4-7-10-13-16-19-22-25-27-28-29-30-31-32-33-34-35-36-37-38-39-40-41-42-43-44-46-48-51-54-57-60-63-66-72(75)78-69-70(68-77-71(74)65-62-59-56-53-50-47-24-21-18-15-12-9-6-3)79-73(76)67-64-61-58-55-52-49-45-26-23-20-17-14-11-8-5-2/h12,15,21-22,24-25,28-29,31-32,70H,4-11,13-14,16-20,23,26-27,30,33-69H2,1-3H3/b15-12-,24-21-,25-22-,29-28-,32-31-. The zero-order valence-corrected chi connectivity index (χ0v) is 52.9. The van der Waals surface area contributed by atoms with Crippen LogP contribution in [-0.2, 0) is 28.6 Å². The molecule has 0 amide bonds. The Kier molecular flexibility index (Phi) is 65.1. The number of rotatable bonds is 64. The number of unbranched alkanes of at least 4 members (excludes halogenated alkanes) is 43. The van der Waals surface area contributed by atoms with Gasteiger partial charge in [0.1, 0.15) is 13.2 Å². The Morgan fingerprint density at radius 3 is 0.759 bits per heavy atom. The highest BCUT2D eigenvalue weighted by Crippen LogP contribution is 2.18. The molecular weight excluding hydrogens is 973 g/mol. The van der Waals surface area contributed by atoms with Gasteiger partial charge in [-0.05, 0) is 83.5 Å². The molecule has 6 nitrogen and oxygen atoms in total. The molecule has 0 fully saturated rings. The summed E-state index contributed by atoms with van der Waals surface area (Å²) in [5.74, 6) is -0.866. The van der Waals surface area contributed by atoms with Gasteiger partial charge in [0.05, 0.1) is 0 Å². The van der Waals surface area contributed by atoms with Gasteiger partial charge in [0.2, 0.25) is 0 Å². The minimum atomic E-state index is -0.777. The van der Waals surface area contributed by atoms with Gasteiger partial charge in [0.15, 0.2) is 6.10 Å². The topological polar surface area (TPSA) is 78.9 Å². The maximum absolute atomic E-state index is 12.9. The number of allylic oxidation sites excluding steroid dienone is 10. The van der Waals surface area contributed by atoms with Crippen molar-refractivity contribution in [3.05, 3.63) is 60.8 Å². The minimum Gasteiger partial charge on any atom is -0.462 e. The van der Waals surface area contributed by atoms with Gasteiger partial charge in [0.25, 0.3) is 0 Å². The van der Waals surface area contributed by atoms with Crippen molar-refractivity contribution in [2.24, 2.45) is 0 Å². The number of carbonyl (C=O) groups is 3. The van der Waals surface area contributed by atoms with Crippen molar-refractivity contribution >= 4 is 17.9 Å². The van der Waals surface area contributed by atoms with E-state index in [1.807, 2.05) is 0 Å². The molecule has 0 aromatic heterocycles. The fraction of sp³-hybridized carbons (Fsp3) is 0.822. The Labute approximate surface area is 491 Å². The van der Waals surface area contributed by atoms with E-state index in [9.17, 15) is 14.4 Å². The quantitative estimate of drug-likeness (QED) is 0.0261. The number of carbonyl (C=O) groups excluding carboxylic acids is 3. The third-order valence-electron chi connectivity index (χ3n) is 15.5. The Morgan fingerprint density at radius 1 is 0.253 bits per heavy atom. The van der Waals surface area contributed by atoms with E-state index in [1.54, 1.807) is 0 Å². The molecule has 0 spiro atoms. The monoisotopic (exact) mass is 1110 g/mol. The second-order valence-corrected chi connectivity index (χ2v) is 23.4. The van der Waals surface area contributed by atoms with Crippen molar-refractivity contribution in [3.63, 3.8) is 0 Å². The molecule has 0 aromatic rings. The van der Waals surface area contributed by atoms with Gasteiger partial charge in [-0.1, -0.05) is 326 Å². The molecule has 1 unspecified atom stereocenters. The maximum atomic E-state index is 12.9. The van der Waals surface area contributed by atoms with Gasteiger partial charge in [-0.15, -0.1) is 0 Å². The molecule has 6 heteroatoms.